The average Bonchev–Trinajstić information content (AvgIpc) is 3.36. The first kappa shape index (κ1) is 35.9. The fraction of sp³-hybridized carbons (Fsp3) is 0.676. The Kier molecular flexibility index (Phi) is 13.6. The number of rotatable bonds is 16. The van der Waals surface area contributed by atoms with Gasteiger partial charge in [0, 0.05) is 31.3 Å². The van der Waals surface area contributed by atoms with Crippen LogP contribution in [-0.2, 0) is 22.6 Å². The van der Waals surface area contributed by atoms with E-state index in [1.807, 2.05) is 45.0 Å². The quantitative estimate of drug-likeness (QED) is 0.182. The van der Waals surface area contributed by atoms with E-state index in [2.05, 4.69) is 10.3 Å². The van der Waals surface area contributed by atoms with Crippen molar-refractivity contribution in [2.45, 2.75) is 123 Å². The molecule has 0 aliphatic heterocycles. The summed E-state index contributed by atoms with van der Waals surface area (Å²) in [6, 6.07) is 7.16. The lowest BCUT2D eigenvalue weighted by atomic mass is 9.82. The Balaban J connectivity index is 1.86. The number of carbonyl (C=O) groups is 2. The Morgan fingerprint density at radius 1 is 1.16 bits per heavy atom. The molecule has 1 saturated carbocycles. The molecular formula is C34H54N4O5S. The number of benzene rings is 1. The molecular weight excluding hydrogens is 576 g/mol. The smallest absolute Gasteiger partial charge is 0.224 e. The third kappa shape index (κ3) is 11.8. The van der Waals surface area contributed by atoms with Crippen LogP contribution in [0.2, 0.25) is 0 Å². The number of nitrogen functional groups attached to an aromatic ring is 1. The van der Waals surface area contributed by atoms with E-state index in [0.717, 1.165) is 36.8 Å². The van der Waals surface area contributed by atoms with Gasteiger partial charge < -0.3 is 31.3 Å². The lowest BCUT2D eigenvalue weighted by molar-refractivity contribution is -0.139. The number of aliphatic hydroxyl groups is 3. The van der Waals surface area contributed by atoms with E-state index in [1.54, 1.807) is 24.1 Å². The molecule has 2 aromatic rings. The van der Waals surface area contributed by atoms with Crippen molar-refractivity contribution in [3.05, 3.63) is 46.5 Å². The Bertz CT molecular complexity index is 1190. The minimum atomic E-state index is -1.14. The van der Waals surface area contributed by atoms with Crippen molar-refractivity contribution in [1.82, 2.24) is 15.2 Å². The molecule has 246 valence electrons. The number of aliphatic hydroxyl groups excluding tert-OH is 2. The highest BCUT2D eigenvalue weighted by atomic mass is 32.1. The van der Waals surface area contributed by atoms with Crippen LogP contribution in [0.1, 0.15) is 95.9 Å². The van der Waals surface area contributed by atoms with Crippen LogP contribution in [-0.4, -0.2) is 67.4 Å². The van der Waals surface area contributed by atoms with Crippen LogP contribution in [0.5, 0.6) is 0 Å². The molecule has 0 bridgehead atoms. The molecule has 4 atom stereocenters. The van der Waals surface area contributed by atoms with Gasteiger partial charge in [-0.15, -0.1) is 11.3 Å². The van der Waals surface area contributed by atoms with Gasteiger partial charge in [-0.1, -0.05) is 70.2 Å². The molecule has 10 heteroatoms. The van der Waals surface area contributed by atoms with Crippen molar-refractivity contribution in [2.75, 3.05) is 12.3 Å². The second kappa shape index (κ2) is 16.7. The Labute approximate surface area is 267 Å². The maximum absolute atomic E-state index is 14.0. The number of thiazole rings is 1. The van der Waals surface area contributed by atoms with Gasteiger partial charge in [0.25, 0.3) is 0 Å². The van der Waals surface area contributed by atoms with Crippen LogP contribution in [0.25, 0.3) is 0 Å². The summed E-state index contributed by atoms with van der Waals surface area (Å²) in [6.45, 7) is 9.68. The number of carbonyl (C=O) groups excluding carboxylic acids is 2. The van der Waals surface area contributed by atoms with Crippen molar-refractivity contribution in [3.63, 3.8) is 0 Å². The minimum Gasteiger partial charge on any atom is -0.390 e. The number of nitrogens with one attached hydrogen (secondary N) is 1. The largest absolute Gasteiger partial charge is 0.390 e. The van der Waals surface area contributed by atoms with Gasteiger partial charge in [-0.25, -0.2) is 4.98 Å². The van der Waals surface area contributed by atoms with Crippen molar-refractivity contribution in [1.29, 1.82) is 0 Å². The summed E-state index contributed by atoms with van der Waals surface area (Å²) in [5.74, 6) is -0.872. The Morgan fingerprint density at radius 2 is 1.84 bits per heavy atom. The lowest BCUT2D eigenvalue weighted by Gasteiger charge is -2.34. The zero-order chi connectivity index (χ0) is 32.4. The van der Waals surface area contributed by atoms with E-state index in [9.17, 15) is 24.9 Å². The molecule has 1 aliphatic rings. The zero-order valence-electron chi connectivity index (χ0n) is 27.2. The number of hydrogen-bond acceptors (Lipinski definition) is 8. The van der Waals surface area contributed by atoms with Crippen LogP contribution in [0.4, 0.5) is 5.13 Å². The molecule has 1 fully saturated rings. The van der Waals surface area contributed by atoms with Crippen LogP contribution in [0, 0.1) is 24.7 Å². The monoisotopic (exact) mass is 630 g/mol. The molecule has 0 unspecified atom stereocenters. The minimum absolute atomic E-state index is 0.0998. The van der Waals surface area contributed by atoms with Gasteiger partial charge in [0.2, 0.25) is 11.8 Å². The number of anilines is 1. The summed E-state index contributed by atoms with van der Waals surface area (Å²) < 4.78 is 0. The zero-order valence-corrected chi connectivity index (χ0v) is 28.0. The predicted molar refractivity (Wildman–Crippen MR) is 176 cm³/mol. The van der Waals surface area contributed by atoms with Gasteiger partial charge in [0.05, 0.1) is 29.4 Å². The molecule has 0 radical (unpaired) electrons. The van der Waals surface area contributed by atoms with Crippen molar-refractivity contribution >= 4 is 28.3 Å². The van der Waals surface area contributed by atoms with Crippen LogP contribution >= 0.6 is 11.3 Å². The summed E-state index contributed by atoms with van der Waals surface area (Å²) in [6.07, 6.45) is 4.49. The van der Waals surface area contributed by atoms with Gasteiger partial charge in [-0.2, -0.15) is 0 Å². The van der Waals surface area contributed by atoms with Crippen LogP contribution in [0.15, 0.2) is 29.6 Å². The molecule has 3 rings (SSSR count). The van der Waals surface area contributed by atoms with E-state index < -0.39 is 29.8 Å². The third-order valence-corrected chi connectivity index (χ3v) is 9.25. The molecule has 1 heterocycles. The first-order valence-electron chi connectivity index (χ1n) is 16.1. The van der Waals surface area contributed by atoms with E-state index in [-0.39, 0.29) is 37.1 Å². The highest BCUT2D eigenvalue weighted by molar-refractivity contribution is 7.13. The van der Waals surface area contributed by atoms with Gasteiger partial charge in [-0.3, -0.25) is 9.59 Å². The first-order chi connectivity index (χ1) is 20.7. The summed E-state index contributed by atoms with van der Waals surface area (Å²) in [4.78, 5) is 33.9. The SMILES string of the molecule is Cc1ccccc1CN(CC(C)(C)O)C(=O)C[C@@H](Cc1csc(N)n1)C(=O)N[C@@H](CC1CCCCC1)[C@@H](O)[C@@H](O)CC(C)C. The summed E-state index contributed by atoms with van der Waals surface area (Å²) >= 11 is 1.28. The molecule has 44 heavy (non-hydrogen) atoms. The van der Waals surface area contributed by atoms with Crippen molar-refractivity contribution in [2.24, 2.45) is 17.8 Å². The van der Waals surface area contributed by atoms with E-state index in [1.165, 1.54) is 17.8 Å². The van der Waals surface area contributed by atoms with Crippen molar-refractivity contribution in [3.8, 4) is 0 Å². The number of nitrogens with zero attached hydrogens (tertiary/aromatic N) is 2. The fourth-order valence-electron chi connectivity index (χ4n) is 6.22. The summed E-state index contributed by atoms with van der Waals surface area (Å²) in [7, 11) is 0. The number of aryl methyl sites for hydroxylation is 1. The molecule has 1 aliphatic carbocycles. The lowest BCUT2D eigenvalue weighted by Crippen LogP contribution is -2.52. The third-order valence-electron chi connectivity index (χ3n) is 8.53. The van der Waals surface area contributed by atoms with Gasteiger partial charge in [0.1, 0.15) is 6.10 Å². The maximum atomic E-state index is 14.0. The maximum Gasteiger partial charge on any atom is 0.224 e. The number of nitrogens with two attached hydrogens (primary N) is 1. The van der Waals surface area contributed by atoms with Gasteiger partial charge >= 0.3 is 0 Å². The number of aromatic nitrogens is 1. The standard InChI is InChI=1S/C34H54N4O5S/c1-22(2)15-29(39)31(41)28(16-24-12-7-6-8-13-24)37-32(42)26(17-27-20-44-33(35)36-27)18-30(40)38(21-34(4,5)43)19-25-14-10-9-11-23(25)3/h9-11,14,20,22,24,26,28-29,31,39,41,43H,6-8,12-13,15-19,21H2,1-5H3,(H2,35,36)(H,37,42)/t26-,28+,29+,31-/m1/s1. The molecule has 1 aromatic heterocycles. The van der Waals surface area contributed by atoms with E-state index in [4.69, 9.17) is 5.73 Å². The molecule has 1 aromatic carbocycles. The number of hydrogen-bond donors (Lipinski definition) is 5. The van der Waals surface area contributed by atoms with E-state index >= 15 is 0 Å². The molecule has 6 N–H and O–H groups in total. The second-order valence-electron chi connectivity index (χ2n) is 13.8. The molecule has 9 nitrogen and oxygen atoms in total. The Hall–Kier alpha value is -2.53. The highest BCUT2D eigenvalue weighted by Crippen LogP contribution is 2.29. The van der Waals surface area contributed by atoms with Crippen molar-refractivity contribution < 1.29 is 24.9 Å². The molecule has 0 spiro atoms. The van der Waals surface area contributed by atoms with Crippen LogP contribution < -0.4 is 11.1 Å². The number of amides is 2. The normalized spacial score (nSPS) is 17.2. The summed E-state index contributed by atoms with van der Waals surface area (Å²) in [5.41, 5.74) is 7.38. The molecule has 0 saturated heterocycles. The topological polar surface area (TPSA) is 149 Å². The van der Waals surface area contributed by atoms with Gasteiger partial charge in [-0.05, 0) is 56.6 Å². The fourth-order valence-corrected chi connectivity index (χ4v) is 6.79. The summed E-state index contributed by atoms with van der Waals surface area (Å²) in [5, 5.41) is 38.1. The van der Waals surface area contributed by atoms with E-state index in [0.29, 0.717) is 36.1 Å². The molecule has 2 amide bonds. The Morgan fingerprint density at radius 3 is 2.43 bits per heavy atom. The second-order valence-corrected chi connectivity index (χ2v) is 14.7. The predicted octanol–water partition coefficient (Wildman–Crippen LogP) is 4.61. The van der Waals surface area contributed by atoms with Gasteiger partial charge in [0.15, 0.2) is 5.13 Å². The first-order valence-corrected chi connectivity index (χ1v) is 17.0. The van der Waals surface area contributed by atoms with Crippen LogP contribution in [0.3, 0.4) is 0 Å². The highest BCUT2D eigenvalue weighted by Gasteiger charge is 2.34. The average molecular weight is 631 g/mol.